The average Bonchev–Trinajstić information content (AvgIpc) is 2.16. The van der Waals surface area contributed by atoms with E-state index in [9.17, 15) is 4.79 Å². The van der Waals surface area contributed by atoms with Gasteiger partial charge < -0.3 is 20.3 Å². The van der Waals surface area contributed by atoms with Crippen molar-refractivity contribution in [1.82, 2.24) is 15.5 Å². The molecule has 2 N–H and O–H groups in total. The van der Waals surface area contributed by atoms with Crippen LogP contribution < -0.4 is 10.6 Å². The third-order valence-electron chi connectivity index (χ3n) is 2.45. The molecule has 0 aromatic carbocycles. The number of carbonyl (C=O) groups is 1. The van der Waals surface area contributed by atoms with Crippen molar-refractivity contribution in [3.63, 3.8) is 0 Å². The van der Waals surface area contributed by atoms with Gasteiger partial charge in [-0.2, -0.15) is 0 Å². The number of morpholine rings is 1. The summed E-state index contributed by atoms with van der Waals surface area (Å²) in [6.07, 6.45) is 0.200. The van der Waals surface area contributed by atoms with Gasteiger partial charge in [0.05, 0.1) is 19.3 Å². The molecule has 1 saturated heterocycles. The zero-order valence-corrected chi connectivity index (χ0v) is 10.5. The molecular formula is C11H23N3O2. The van der Waals surface area contributed by atoms with Gasteiger partial charge in [0, 0.05) is 25.7 Å². The maximum Gasteiger partial charge on any atom is 0.234 e. The molecule has 1 fully saturated rings. The minimum absolute atomic E-state index is 0.0409. The molecule has 1 aliphatic heterocycles. The smallest absolute Gasteiger partial charge is 0.234 e. The second kappa shape index (κ2) is 6.83. The SMILES string of the molecule is CC(C)NC(=O)CNCC1CN(C)CCO1. The molecule has 1 atom stereocenters. The van der Waals surface area contributed by atoms with Crippen molar-refractivity contribution in [1.29, 1.82) is 0 Å². The van der Waals surface area contributed by atoms with Gasteiger partial charge in [-0.1, -0.05) is 0 Å². The molecule has 0 aromatic heterocycles. The van der Waals surface area contributed by atoms with Crippen LogP contribution in [0.3, 0.4) is 0 Å². The third kappa shape index (κ3) is 5.44. The van der Waals surface area contributed by atoms with Crippen LogP contribution in [0.25, 0.3) is 0 Å². The molecule has 1 unspecified atom stereocenters. The predicted molar refractivity (Wildman–Crippen MR) is 63.4 cm³/mol. The highest BCUT2D eigenvalue weighted by Gasteiger charge is 2.17. The second-order valence-electron chi connectivity index (χ2n) is 4.61. The maximum absolute atomic E-state index is 11.3. The fourth-order valence-electron chi connectivity index (χ4n) is 1.71. The van der Waals surface area contributed by atoms with Gasteiger partial charge >= 0.3 is 0 Å². The lowest BCUT2D eigenvalue weighted by Crippen LogP contribution is -2.46. The van der Waals surface area contributed by atoms with Gasteiger partial charge in [-0.05, 0) is 20.9 Å². The Morgan fingerprint density at radius 2 is 2.31 bits per heavy atom. The summed E-state index contributed by atoms with van der Waals surface area (Å²) in [5, 5.41) is 5.95. The van der Waals surface area contributed by atoms with Gasteiger partial charge in [0.25, 0.3) is 0 Å². The molecule has 0 bridgehead atoms. The van der Waals surface area contributed by atoms with Crippen LogP contribution in [0.1, 0.15) is 13.8 Å². The van der Waals surface area contributed by atoms with E-state index < -0.39 is 0 Å². The number of likely N-dealkylation sites (N-methyl/N-ethyl adjacent to an activating group) is 1. The van der Waals surface area contributed by atoms with Gasteiger partial charge in [0.15, 0.2) is 0 Å². The minimum Gasteiger partial charge on any atom is -0.374 e. The van der Waals surface area contributed by atoms with Crippen LogP contribution in [0.4, 0.5) is 0 Å². The number of ether oxygens (including phenoxy) is 1. The Morgan fingerprint density at radius 1 is 1.56 bits per heavy atom. The Morgan fingerprint density at radius 3 is 2.94 bits per heavy atom. The molecular weight excluding hydrogens is 206 g/mol. The Balaban J connectivity index is 2.08. The van der Waals surface area contributed by atoms with Crippen molar-refractivity contribution in [2.45, 2.75) is 26.0 Å². The highest BCUT2D eigenvalue weighted by atomic mass is 16.5. The van der Waals surface area contributed by atoms with E-state index in [1.807, 2.05) is 13.8 Å². The van der Waals surface area contributed by atoms with Crippen LogP contribution in [0.5, 0.6) is 0 Å². The summed E-state index contributed by atoms with van der Waals surface area (Å²) in [6, 6.07) is 0.200. The molecule has 0 saturated carbocycles. The van der Waals surface area contributed by atoms with Crippen LogP contribution in [0.15, 0.2) is 0 Å². The summed E-state index contributed by atoms with van der Waals surface area (Å²) in [5.41, 5.74) is 0. The first-order valence-corrected chi connectivity index (χ1v) is 5.88. The lowest BCUT2D eigenvalue weighted by molar-refractivity contribution is -0.120. The quantitative estimate of drug-likeness (QED) is 0.663. The number of rotatable bonds is 5. The lowest BCUT2D eigenvalue weighted by atomic mass is 10.3. The minimum atomic E-state index is 0.0409. The number of hydrogen-bond donors (Lipinski definition) is 2. The van der Waals surface area contributed by atoms with E-state index in [0.717, 1.165) is 26.2 Å². The van der Waals surface area contributed by atoms with E-state index in [2.05, 4.69) is 22.6 Å². The van der Waals surface area contributed by atoms with E-state index >= 15 is 0 Å². The fraction of sp³-hybridized carbons (Fsp3) is 0.909. The number of hydrogen-bond acceptors (Lipinski definition) is 4. The molecule has 1 aliphatic rings. The third-order valence-corrected chi connectivity index (χ3v) is 2.45. The van der Waals surface area contributed by atoms with E-state index in [4.69, 9.17) is 4.74 Å². The summed E-state index contributed by atoms with van der Waals surface area (Å²) in [5.74, 6) is 0.0409. The zero-order chi connectivity index (χ0) is 12.0. The van der Waals surface area contributed by atoms with Crippen molar-refractivity contribution in [3.05, 3.63) is 0 Å². The molecule has 0 radical (unpaired) electrons. The molecule has 5 nitrogen and oxygen atoms in total. The Bertz CT molecular complexity index is 221. The van der Waals surface area contributed by atoms with E-state index in [1.54, 1.807) is 0 Å². The van der Waals surface area contributed by atoms with Crippen molar-refractivity contribution in [2.75, 3.05) is 39.8 Å². The number of nitrogens with one attached hydrogen (secondary N) is 2. The molecule has 5 heteroatoms. The molecule has 0 aliphatic carbocycles. The predicted octanol–water partition coefficient (Wildman–Crippen LogP) is -0.569. The lowest BCUT2D eigenvalue weighted by Gasteiger charge is -2.30. The Hall–Kier alpha value is -0.650. The molecule has 1 heterocycles. The summed E-state index contributed by atoms with van der Waals surface area (Å²) in [7, 11) is 2.08. The molecule has 94 valence electrons. The molecule has 0 spiro atoms. The van der Waals surface area contributed by atoms with Crippen LogP contribution in [0.2, 0.25) is 0 Å². The summed E-state index contributed by atoms with van der Waals surface area (Å²) in [4.78, 5) is 13.6. The summed E-state index contributed by atoms with van der Waals surface area (Å²) in [6.45, 7) is 7.70. The van der Waals surface area contributed by atoms with Gasteiger partial charge in [-0.25, -0.2) is 0 Å². The highest BCUT2D eigenvalue weighted by Crippen LogP contribution is 2.01. The topological polar surface area (TPSA) is 53.6 Å². The first-order valence-electron chi connectivity index (χ1n) is 5.88. The van der Waals surface area contributed by atoms with Crippen molar-refractivity contribution < 1.29 is 9.53 Å². The average molecular weight is 229 g/mol. The number of nitrogens with zero attached hydrogens (tertiary/aromatic N) is 1. The molecule has 1 amide bonds. The van der Waals surface area contributed by atoms with Crippen LogP contribution in [0, 0.1) is 0 Å². The van der Waals surface area contributed by atoms with Gasteiger partial charge in [-0.3, -0.25) is 4.79 Å². The van der Waals surface area contributed by atoms with E-state index in [1.165, 1.54) is 0 Å². The highest BCUT2D eigenvalue weighted by molar-refractivity contribution is 5.78. The van der Waals surface area contributed by atoms with Crippen molar-refractivity contribution in [3.8, 4) is 0 Å². The van der Waals surface area contributed by atoms with E-state index in [-0.39, 0.29) is 18.1 Å². The molecule has 0 aromatic rings. The summed E-state index contributed by atoms with van der Waals surface area (Å²) >= 11 is 0. The number of amides is 1. The van der Waals surface area contributed by atoms with Crippen LogP contribution in [-0.4, -0.2) is 62.8 Å². The first-order chi connectivity index (χ1) is 7.58. The van der Waals surface area contributed by atoms with Gasteiger partial charge in [-0.15, -0.1) is 0 Å². The fourth-order valence-corrected chi connectivity index (χ4v) is 1.71. The van der Waals surface area contributed by atoms with E-state index in [0.29, 0.717) is 6.54 Å². The van der Waals surface area contributed by atoms with Crippen molar-refractivity contribution in [2.24, 2.45) is 0 Å². The normalized spacial score (nSPS) is 22.4. The van der Waals surface area contributed by atoms with Crippen molar-refractivity contribution >= 4 is 5.91 Å². The Labute approximate surface area is 97.5 Å². The van der Waals surface area contributed by atoms with Crippen LogP contribution >= 0.6 is 0 Å². The first kappa shape index (κ1) is 13.4. The second-order valence-corrected chi connectivity index (χ2v) is 4.61. The monoisotopic (exact) mass is 229 g/mol. The molecule has 1 rings (SSSR count). The van der Waals surface area contributed by atoms with Crippen LogP contribution in [-0.2, 0) is 9.53 Å². The maximum atomic E-state index is 11.3. The standard InChI is InChI=1S/C11H23N3O2/c1-9(2)13-11(15)7-12-6-10-8-14(3)4-5-16-10/h9-10,12H,4-8H2,1-3H3,(H,13,15). The zero-order valence-electron chi connectivity index (χ0n) is 10.5. The molecule has 16 heavy (non-hydrogen) atoms. The summed E-state index contributed by atoms with van der Waals surface area (Å²) < 4.78 is 5.58. The van der Waals surface area contributed by atoms with Gasteiger partial charge in [0.1, 0.15) is 0 Å². The van der Waals surface area contributed by atoms with Gasteiger partial charge in [0.2, 0.25) is 5.91 Å². The Kier molecular flexibility index (Phi) is 5.73. The number of carbonyl (C=O) groups excluding carboxylic acids is 1. The largest absolute Gasteiger partial charge is 0.374 e.